The molecule has 1 saturated heterocycles. The van der Waals surface area contributed by atoms with Gasteiger partial charge in [-0.25, -0.2) is 9.37 Å². The molecule has 1 fully saturated rings. The summed E-state index contributed by atoms with van der Waals surface area (Å²) in [6, 6.07) is 8.33. The van der Waals surface area contributed by atoms with E-state index in [9.17, 15) is 4.79 Å². The molecule has 0 saturated carbocycles. The number of H-pyrrole nitrogens is 1. The van der Waals surface area contributed by atoms with Gasteiger partial charge in [-0.3, -0.25) is 4.79 Å². The number of amides is 1. The highest BCUT2D eigenvalue weighted by atomic mass is 35.5. The van der Waals surface area contributed by atoms with Crippen molar-refractivity contribution < 1.29 is 13.7 Å². The number of halogens is 2. The summed E-state index contributed by atoms with van der Waals surface area (Å²) in [4.78, 5) is 23.2. The van der Waals surface area contributed by atoms with Crippen molar-refractivity contribution in [1.82, 2.24) is 40.2 Å². The number of aromatic amines is 1. The summed E-state index contributed by atoms with van der Waals surface area (Å²) < 4.78 is 21.9. The van der Waals surface area contributed by atoms with Crippen LogP contribution >= 0.6 is 11.6 Å². The molecule has 0 radical (unpaired) electrons. The Kier molecular flexibility index (Phi) is 5.05. The van der Waals surface area contributed by atoms with Gasteiger partial charge in [0.05, 0.1) is 34.0 Å². The molecule has 3 aromatic heterocycles. The van der Waals surface area contributed by atoms with Crippen molar-refractivity contribution in [2.75, 3.05) is 5.73 Å². The van der Waals surface area contributed by atoms with E-state index in [1.54, 1.807) is 18.3 Å². The third-order valence-electron chi connectivity index (χ3n) is 7.22. The van der Waals surface area contributed by atoms with Crippen molar-refractivity contribution in [3.63, 3.8) is 0 Å². The number of nitrogens with two attached hydrogens (primary N) is 1. The Morgan fingerprint density at radius 1 is 1.21 bits per heavy atom. The molecule has 0 spiro atoms. The quantitative estimate of drug-likeness (QED) is 0.353. The molecular weight excluding hydrogens is 513 g/mol. The number of nitrogens with one attached hydrogen (secondary N) is 1. The monoisotopic (exact) mass is 531 g/mol. The van der Waals surface area contributed by atoms with E-state index in [0.29, 0.717) is 34.9 Å². The summed E-state index contributed by atoms with van der Waals surface area (Å²) in [5.41, 5.74) is 9.37. The molecule has 2 aliphatic rings. The Hall–Kier alpha value is -4.58. The average molecular weight is 532 g/mol. The van der Waals surface area contributed by atoms with Gasteiger partial charge in [0.25, 0.3) is 0 Å². The number of carbonyl (C=O) groups excluding carboxylic acids is 1. The van der Waals surface area contributed by atoms with Crippen LogP contribution in [-0.4, -0.2) is 52.2 Å². The first kappa shape index (κ1) is 22.6. The molecule has 2 aromatic carbocycles. The van der Waals surface area contributed by atoms with Gasteiger partial charge >= 0.3 is 0 Å². The van der Waals surface area contributed by atoms with E-state index in [2.05, 4.69) is 30.7 Å². The molecule has 11 nitrogen and oxygen atoms in total. The topological polar surface area (TPSA) is 145 Å². The van der Waals surface area contributed by atoms with Crippen molar-refractivity contribution >= 4 is 39.9 Å². The maximum Gasteiger partial charge on any atom is 0.247 e. The normalized spacial score (nSPS) is 19.3. The standard InChI is InChI=1S/C25H19ClFN9O2/c26-16-3-5-18(35-11-30-33-34-35)22(23(16)27)13-7-14-2-4-19(36(14)21(37)9-13)25-29-10-17(31-25)12-1-6-20-15(8-12)24(28)32-38-20/h1,3,5-6,8-11,14,19H,2,4,7H2,(H2,28,32)(H,29,31)/t14-,19+/m1/s1. The second kappa shape index (κ2) is 8.48. The van der Waals surface area contributed by atoms with Gasteiger partial charge < -0.3 is 20.1 Å². The van der Waals surface area contributed by atoms with Crippen molar-refractivity contribution in [1.29, 1.82) is 0 Å². The average Bonchev–Trinajstić information content (AvgIpc) is 3.72. The number of imidazole rings is 1. The fourth-order valence-electron chi connectivity index (χ4n) is 5.48. The highest BCUT2D eigenvalue weighted by molar-refractivity contribution is 6.31. The number of nitrogens with zero attached hydrogens (tertiary/aromatic N) is 7. The van der Waals surface area contributed by atoms with Crippen molar-refractivity contribution in [2.45, 2.75) is 31.3 Å². The zero-order chi connectivity index (χ0) is 26.0. The molecule has 13 heteroatoms. The highest BCUT2D eigenvalue weighted by Gasteiger charge is 2.42. The zero-order valence-electron chi connectivity index (χ0n) is 19.7. The lowest BCUT2D eigenvalue weighted by Gasteiger charge is -2.33. The van der Waals surface area contributed by atoms with Crippen LogP contribution in [0.4, 0.5) is 10.2 Å². The molecule has 38 heavy (non-hydrogen) atoms. The van der Waals surface area contributed by atoms with Gasteiger partial charge in [-0.1, -0.05) is 16.8 Å². The van der Waals surface area contributed by atoms with Gasteiger partial charge in [0.1, 0.15) is 12.2 Å². The number of anilines is 1. The second-order valence-corrected chi connectivity index (χ2v) is 9.74. The van der Waals surface area contributed by atoms with E-state index in [1.165, 1.54) is 23.2 Å². The molecule has 190 valence electrons. The number of nitrogen functional groups attached to an aromatic ring is 1. The zero-order valence-corrected chi connectivity index (χ0v) is 20.4. The number of hydrogen-bond acceptors (Lipinski definition) is 8. The Morgan fingerprint density at radius 2 is 2.11 bits per heavy atom. The predicted octanol–water partition coefficient (Wildman–Crippen LogP) is 4.09. The van der Waals surface area contributed by atoms with Gasteiger partial charge in [0.15, 0.2) is 17.2 Å². The molecule has 0 unspecified atom stereocenters. The van der Waals surface area contributed by atoms with Crippen LogP contribution in [0.15, 0.2) is 53.5 Å². The van der Waals surface area contributed by atoms with Crippen molar-refractivity contribution in [2.24, 2.45) is 0 Å². The van der Waals surface area contributed by atoms with E-state index in [-0.39, 0.29) is 28.6 Å². The van der Waals surface area contributed by atoms with E-state index in [4.69, 9.17) is 21.9 Å². The molecule has 7 rings (SSSR count). The lowest BCUT2D eigenvalue weighted by Crippen LogP contribution is -2.39. The third-order valence-corrected chi connectivity index (χ3v) is 7.51. The van der Waals surface area contributed by atoms with E-state index in [0.717, 1.165) is 29.5 Å². The van der Waals surface area contributed by atoms with Crippen LogP contribution in [0.2, 0.25) is 5.02 Å². The molecule has 5 aromatic rings. The second-order valence-electron chi connectivity index (χ2n) is 9.34. The molecule has 3 N–H and O–H groups in total. The maximum atomic E-state index is 15.3. The minimum atomic E-state index is -0.609. The largest absolute Gasteiger partial charge is 0.380 e. The lowest BCUT2D eigenvalue weighted by molar-refractivity contribution is -0.129. The molecule has 1 amide bonds. The number of carbonyl (C=O) groups is 1. The minimum Gasteiger partial charge on any atom is -0.380 e. The van der Waals surface area contributed by atoms with Crippen molar-refractivity contribution in [3.8, 4) is 16.9 Å². The highest BCUT2D eigenvalue weighted by Crippen LogP contribution is 2.44. The van der Waals surface area contributed by atoms with Crippen LogP contribution < -0.4 is 5.73 Å². The van der Waals surface area contributed by atoms with Crippen LogP contribution in [0.25, 0.3) is 33.5 Å². The number of fused-ring (bicyclic) bond motifs is 2. The van der Waals surface area contributed by atoms with Gasteiger partial charge in [0, 0.05) is 23.2 Å². The summed E-state index contributed by atoms with van der Waals surface area (Å²) >= 11 is 6.12. The molecule has 5 heterocycles. The van der Waals surface area contributed by atoms with Crippen LogP contribution in [0.3, 0.4) is 0 Å². The third kappa shape index (κ3) is 3.48. The number of aromatic nitrogens is 7. The van der Waals surface area contributed by atoms with Crippen LogP contribution in [0, 0.1) is 5.82 Å². The smallest absolute Gasteiger partial charge is 0.247 e. The van der Waals surface area contributed by atoms with Crippen LogP contribution in [-0.2, 0) is 4.79 Å². The Balaban J connectivity index is 1.21. The first-order valence-corrected chi connectivity index (χ1v) is 12.3. The van der Waals surface area contributed by atoms with Crippen molar-refractivity contribution in [3.05, 3.63) is 71.2 Å². The molecule has 0 aliphatic carbocycles. The van der Waals surface area contributed by atoms with Crippen LogP contribution in [0.1, 0.15) is 36.7 Å². The van der Waals surface area contributed by atoms with E-state index < -0.39 is 5.82 Å². The molecular formula is C25H19ClFN9O2. The Morgan fingerprint density at radius 3 is 2.95 bits per heavy atom. The van der Waals surface area contributed by atoms with Gasteiger partial charge in [-0.15, -0.1) is 5.10 Å². The first-order valence-electron chi connectivity index (χ1n) is 11.9. The fourth-order valence-corrected chi connectivity index (χ4v) is 5.64. The lowest BCUT2D eigenvalue weighted by atomic mass is 9.92. The number of tetrazole rings is 1. The van der Waals surface area contributed by atoms with Crippen LogP contribution in [0.5, 0.6) is 0 Å². The summed E-state index contributed by atoms with van der Waals surface area (Å²) in [6.45, 7) is 0. The minimum absolute atomic E-state index is 0.0360. The number of hydrogen-bond donors (Lipinski definition) is 2. The summed E-state index contributed by atoms with van der Waals surface area (Å²) in [5.74, 6) is 0.190. The Labute approximate surface area is 219 Å². The summed E-state index contributed by atoms with van der Waals surface area (Å²) in [7, 11) is 0. The number of benzene rings is 2. The molecule has 2 atom stereocenters. The predicted molar refractivity (Wildman–Crippen MR) is 135 cm³/mol. The maximum absolute atomic E-state index is 15.3. The SMILES string of the molecule is Nc1noc2ccc(-c3cnc([C@@H]4CC[C@@H]5CC(c6c(-n7cnnn7)ccc(Cl)c6F)=CC(=O)N54)[nH]3)cc12. The number of rotatable bonds is 4. The van der Waals surface area contributed by atoms with Gasteiger partial charge in [-0.05, 0) is 65.6 Å². The molecule has 2 aliphatic heterocycles. The van der Waals surface area contributed by atoms with E-state index >= 15 is 4.39 Å². The summed E-state index contributed by atoms with van der Waals surface area (Å²) in [6.07, 6.45) is 6.52. The first-order chi connectivity index (χ1) is 18.5. The Bertz CT molecular complexity index is 1740. The van der Waals surface area contributed by atoms with Gasteiger partial charge in [0.2, 0.25) is 5.91 Å². The fraction of sp³-hybridized carbons (Fsp3) is 0.200. The van der Waals surface area contributed by atoms with Gasteiger partial charge in [-0.2, -0.15) is 4.68 Å². The summed E-state index contributed by atoms with van der Waals surface area (Å²) in [5, 5.41) is 15.7. The molecule has 0 bridgehead atoms. The van der Waals surface area contributed by atoms with E-state index in [1.807, 2.05) is 17.0 Å².